The number of hydrogen-bond acceptors (Lipinski definition) is 4. The van der Waals surface area contributed by atoms with Crippen molar-refractivity contribution in [3.05, 3.63) is 40.7 Å². The largest absolute Gasteiger partial charge is 0.454 e. The number of amides is 1. The zero-order valence-electron chi connectivity index (χ0n) is 12.3. The van der Waals surface area contributed by atoms with Crippen molar-refractivity contribution >= 4 is 5.91 Å². The quantitative estimate of drug-likeness (QED) is 0.933. The lowest BCUT2D eigenvalue weighted by molar-refractivity contribution is 0.0949. The van der Waals surface area contributed by atoms with Crippen LogP contribution in [0.2, 0.25) is 0 Å². The van der Waals surface area contributed by atoms with Crippen molar-refractivity contribution < 1.29 is 14.3 Å². The average Bonchev–Trinajstić information content (AvgIpc) is 3.01. The summed E-state index contributed by atoms with van der Waals surface area (Å²) in [5.74, 6) is 1.34. The number of hydrogen-bond donors (Lipinski definition) is 1. The second-order valence-electron chi connectivity index (χ2n) is 5.04. The number of carbonyl (C=O) groups excluding carboxylic acids is 1. The molecular formula is C15H17N3O3. The first-order chi connectivity index (χ1) is 10.1. The zero-order valence-corrected chi connectivity index (χ0v) is 12.3. The van der Waals surface area contributed by atoms with Gasteiger partial charge in [0.1, 0.15) is 0 Å². The van der Waals surface area contributed by atoms with Crippen molar-refractivity contribution in [3.8, 4) is 11.5 Å². The Labute approximate surface area is 122 Å². The molecule has 0 unspecified atom stereocenters. The van der Waals surface area contributed by atoms with Crippen LogP contribution < -0.4 is 14.8 Å². The van der Waals surface area contributed by atoms with Crippen LogP contribution in [-0.2, 0) is 13.6 Å². The van der Waals surface area contributed by atoms with E-state index in [1.165, 1.54) is 0 Å². The van der Waals surface area contributed by atoms with E-state index in [0.717, 1.165) is 28.5 Å². The molecule has 1 aromatic carbocycles. The van der Waals surface area contributed by atoms with Crippen molar-refractivity contribution in [1.29, 1.82) is 0 Å². The van der Waals surface area contributed by atoms with Crippen LogP contribution in [0.15, 0.2) is 18.2 Å². The van der Waals surface area contributed by atoms with E-state index >= 15 is 0 Å². The highest BCUT2D eigenvalue weighted by Crippen LogP contribution is 2.32. The highest BCUT2D eigenvalue weighted by atomic mass is 16.7. The van der Waals surface area contributed by atoms with Crippen LogP contribution in [0.4, 0.5) is 0 Å². The fourth-order valence-electron chi connectivity index (χ4n) is 2.42. The van der Waals surface area contributed by atoms with Crippen molar-refractivity contribution in [2.24, 2.45) is 7.05 Å². The number of fused-ring (bicyclic) bond motifs is 1. The van der Waals surface area contributed by atoms with Crippen LogP contribution >= 0.6 is 0 Å². The monoisotopic (exact) mass is 287 g/mol. The molecule has 0 radical (unpaired) electrons. The van der Waals surface area contributed by atoms with Crippen molar-refractivity contribution in [1.82, 2.24) is 15.1 Å². The third-order valence-electron chi connectivity index (χ3n) is 3.63. The van der Waals surface area contributed by atoms with Crippen molar-refractivity contribution in [3.63, 3.8) is 0 Å². The van der Waals surface area contributed by atoms with E-state index in [1.807, 2.05) is 39.1 Å². The van der Waals surface area contributed by atoms with Crippen LogP contribution in [0.3, 0.4) is 0 Å². The molecule has 1 aliphatic rings. The average molecular weight is 287 g/mol. The molecule has 0 saturated heterocycles. The number of ether oxygens (including phenoxy) is 2. The first kappa shape index (κ1) is 13.5. The van der Waals surface area contributed by atoms with Gasteiger partial charge < -0.3 is 14.8 Å². The molecule has 0 saturated carbocycles. The summed E-state index contributed by atoms with van der Waals surface area (Å²) >= 11 is 0. The summed E-state index contributed by atoms with van der Waals surface area (Å²) in [5, 5.41) is 7.17. The van der Waals surface area contributed by atoms with E-state index in [0.29, 0.717) is 12.1 Å². The molecule has 6 heteroatoms. The van der Waals surface area contributed by atoms with Crippen molar-refractivity contribution in [2.75, 3.05) is 6.79 Å². The Balaban J connectivity index is 1.71. The lowest BCUT2D eigenvalue weighted by Gasteiger charge is -2.06. The van der Waals surface area contributed by atoms with Crippen LogP contribution in [-0.4, -0.2) is 22.5 Å². The highest BCUT2D eigenvalue weighted by Gasteiger charge is 2.18. The van der Waals surface area contributed by atoms with Gasteiger partial charge in [-0.05, 0) is 31.5 Å². The molecule has 110 valence electrons. The Kier molecular flexibility index (Phi) is 3.29. The van der Waals surface area contributed by atoms with Gasteiger partial charge in [0.15, 0.2) is 11.5 Å². The van der Waals surface area contributed by atoms with Gasteiger partial charge in [-0.3, -0.25) is 9.48 Å². The molecule has 6 nitrogen and oxygen atoms in total. The summed E-state index contributed by atoms with van der Waals surface area (Å²) in [6.45, 7) is 4.40. The molecule has 2 aromatic rings. The Morgan fingerprint density at radius 2 is 2.10 bits per heavy atom. The minimum Gasteiger partial charge on any atom is -0.454 e. The Bertz CT molecular complexity index is 706. The van der Waals surface area contributed by atoms with Gasteiger partial charge in [-0.15, -0.1) is 0 Å². The second-order valence-corrected chi connectivity index (χ2v) is 5.04. The number of aryl methyl sites for hydroxylation is 2. The molecular weight excluding hydrogens is 270 g/mol. The molecule has 1 amide bonds. The van der Waals surface area contributed by atoms with E-state index in [1.54, 1.807) is 4.68 Å². The van der Waals surface area contributed by atoms with Crippen LogP contribution in [0, 0.1) is 13.8 Å². The fourth-order valence-corrected chi connectivity index (χ4v) is 2.42. The summed E-state index contributed by atoms with van der Waals surface area (Å²) < 4.78 is 12.3. The first-order valence-electron chi connectivity index (χ1n) is 6.73. The maximum absolute atomic E-state index is 12.3. The minimum absolute atomic E-state index is 0.115. The zero-order chi connectivity index (χ0) is 15.0. The Hall–Kier alpha value is -2.50. The van der Waals surface area contributed by atoms with Gasteiger partial charge in [0, 0.05) is 19.3 Å². The fraction of sp³-hybridized carbons (Fsp3) is 0.333. The van der Waals surface area contributed by atoms with Crippen molar-refractivity contribution in [2.45, 2.75) is 20.4 Å². The molecule has 1 N–H and O–H groups in total. The number of benzene rings is 1. The molecule has 0 bridgehead atoms. The third kappa shape index (κ3) is 2.44. The van der Waals surface area contributed by atoms with Gasteiger partial charge in [-0.1, -0.05) is 6.07 Å². The molecule has 2 heterocycles. The van der Waals surface area contributed by atoms with Crippen LogP contribution in [0.25, 0.3) is 0 Å². The molecule has 0 fully saturated rings. The third-order valence-corrected chi connectivity index (χ3v) is 3.63. The second kappa shape index (κ2) is 5.12. The number of rotatable bonds is 3. The maximum Gasteiger partial charge on any atom is 0.255 e. The molecule has 1 aromatic heterocycles. The summed E-state index contributed by atoms with van der Waals surface area (Å²) in [5.41, 5.74) is 3.19. The molecule has 0 aliphatic carbocycles. The Morgan fingerprint density at radius 1 is 1.33 bits per heavy atom. The summed E-state index contributed by atoms with van der Waals surface area (Å²) in [7, 11) is 1.83. The summed E-state index contributed by atoms with van der Waals surface area (Å²) in [6, 6.07) is 5.65. The summed E-state index contributed by atoms with van der Waals surface area (Å²) in [6.07, 6.45) is 0. The van der Waals surface area contributed by atoms with Gasteiger partial charge in [-0.2, -0.15) is 5.10 Å². The Morgan fingerprint density at radius 3 is 2.81 bits per heavy atom. The lowest BCUT2D eigenvalue weighted by atomic mass is 10.1. The molecule has 1 aliphatic heterocycles. The topological polar surface area (TPSA) is 65.4 Å². The number of aromatic nitrogens is 2. The van der Waals surface area contributed by atoms with E-state index in [4.69, 9.17) is 9.47 Å². The predicted octanol–water partition coefficient (Wildman–Crippen LogP) is 1.70. The minimum atomic E-state index is -0.115. The molecule has 0 spiro atoms. The van der Waals surface area contributed by atoms with Gasteiger partial charge in [-0.25, -0.2) is 0 Å². The van der Waals surface area contributed by atoms with Crippen LogP contribution in [0.1, 0.15) is 27.3 Å². The smallest absolute Gasteiger partial charge is 0.255 e. The normalized spacial score (nSPS) is 12.5. The van der Waals surface area contributed by atoms with Gasteiger partial charge in [0.25, 0.3) is 5.91 Å². The number of nitrogens with zero attached hydrogens (tertiary/aromatic N) is 2. The first-order valence-corrected chi connectivity index (χ1v) is 6.73. The number of carbonyl (C=O) groups is 1. The molecule has 0 atom stereocenters. The maximum atomic E-state index is 12.3. The highest BCUT2D eigenvalue weighted by molar-refractivity contribution is 5.96. The van der Waals surface area contributed by atoms with Gasteiger partial charge >= 0.3 is 0 Å². The lowest BCUT2D eigenvalue weighted by Crippen LogP contribution is -2.24. The SMILES string of the molecule is Cc1nn(C)c(C)c1C(=O)NCc1ccc2c(c1)OCO2. The van der Waals surface area contributed by atoms with E-state index < -0.39 is 0 Å². The van der Waals surface area contributed by atoms with E-state index in [2.05, 4.69) is 10.4 Å². The van der Waals surface area contributed by atoms with E-state index in [-0.39, 0.29) is 12.7 Å². The van der Waals surface area contributed by atoms with Gasteiger partial charge in [0.05, 0.1) is 11.3 Å². The van der Waals surface area contributed by atoms with Crippen LogP contribution in [0.5, 0.6) is 11.5 Å². The molecule has 21 heavy (non-hydrogen) atoms. The molecule has 3 rings (SSSR count). The standard InChI is InChI=1S/C15H17N3O3/c1-9-14(10(2)18(3)17-9)15(19)16-7-11-4-5-12-13(6-11)21-8-20-12/h4-6H,7-8H2,1-3H3,(H,16,19). The summed E-state index contributed by atoms with van der Waals surface area (Å²) in [4.78, 5) is 12.3. The van der Waals surface area contributed by atoms with Gasteiger partial charge in [0.2, 0.25) is 6.79 Å². The van der Waals surface area contributed by atoms with E-state index in [9.17, 15) is 4.79 Å². The predicted molar refractivity (Wildman–Crippen MR) is 76.4 cm³/mol. The number of nitrogens with one attached hydrogen (secondary N) is 1.